The average molecular weight is 338 g/mol. The van der Waals surface area contributed by atoms with Crippen LogP contribution in [-0.4, -0.2) is 25.2 Å². The van der Waals surface area contributed by atoms with Crippen molar-refractivity contribution in [1.29, 1.82) is 0 Å². The first kappa shape index (κ1) is 17.1. The normalized spacial score (nSPS) is 11.6. The van der Waals surface area contributed by atoms with E-state index < -0.39 is 6.10 Å². The molecule has 23 heavy (non-hydrogen) atoms. The van der Waals surface area contributed by atoms with Gasteiger partial charge in [0.2, 0.25) is 0 Å². The van der Waals surface area contributed by atoms with Crippen molar-refractivity contribution in [3.63, 3.8) is 0 Å². The van der Waals surface area contributed by atoms with Gasteiger partial charge in [0.05, 0.1) is 6.54 Å². The van der Waals surface area contributed by atoms with E-state index in [0.29, 0.717) is 23.1 Å². The van der Waals surface area contributed by atoms with Crippen LogP contribution in [0.2, 0.25) is 5.02 Å². The van der Waals surface area contributed by atoms with Gasteiger partial charge in [-0.3, -0.25) is 4.79 Å². The minimum atomic E-state index is -0.653. The lowest BCUT2D eigenvalue weighted by molar-refractivity contribution is -0.127. The lowest BCUT2D eigenvalue weighted by atomic mass is 10.3. The molecule has 6 heteroatoms. The van der Waals surface area contributed by atoms with Crippen LogP contribution >= 0.6 is 11.6 Å². The first-order valence-electron chi connectivity index (χ1n) is 7.13. The summed E-state index contributed by atoms with van der Waals surface area (Å²) >= 11 is 5.86. The minimum Gasteiger partial charge on any atom is -0.492 e. The monoisotopic (exact) mass is 337 g/mol. The summed E-state index contributed by atoms with van der Waals surface area (Å²) in [6, 6.07) is 12.5. The molecule has 0 aliphatic rings. The molecular formula is C17H17ClFNO3. The van der Waals surface area contributed by atoms with E-state index in [9.17, 15) is 9.18 Å². The first-order chi connectivity index (χ1) is 11.0. The van der Waals surface area contributed by atoms with E-state index in [1.165, 1.54) is 24.3 Å². The van der Waals surface area contributed by atoms with Crippen molar-refractivity contribution in [3.8, 4) is 11.5 Å². The molecule has 0 heterocycles. The molecular weight excluding hydrogens is 321 g/mol. The number of amides is 1. The molecule has 0 radical (unpaired) electrons. The molecule has 0 saturated carbocycles. The Kier molecular flexibility index (Phi) is 6.23. The maximum atomic E-state index is 12.7. The Hall–Kier alpha value is -2.27. The fourth-order valence-corrected chi connectivity index (χ4v) is 2.00. The Balaban J connectivity index is 1.70. The number of carbonyl (C=O) groups excluding carboxylic acids is 1. The molecule has 2 aromatic carbocycles. The van der Waals surface area contributed by atoms with Crippen molar-refractivity contribution in [2.75, 3.05) is 13.2 Å². The van der Waals surface area contributed by atoms with E-state index >= 15 is 0 Å². The molecule has 0 aliphatic carbocycles. The number of carbonyl (C=O) groups is 1. The molecule has 2 aromatic rings. The van der Waals surface area contributed by atoms with Crippen LogP contribution in [0.1, 0.15) is 6.92 Å². The van der Waals surface area contributed by atoms with E-state index in [-0.39, 0.29) is 18.3 Å². The van der Waals surface area contributed by atoms with Crippen molar-refractivity contribution in [2.45, 2.75) is 13.0 Å². The van der Waals surface area contributed by atoms with Gasteiger partial charge < -0.3 is 14.8 Å². The second kappa shape index (κ2) is 8.39. The van der Waals surface area contributed by atoms with Crippen LogP contribution in [0.15, 0.2) is 48.5 Å². The largest absolute Gasteiger partial charge is 0.492 e. The van der Waals surface area contributed by atoms with Gasteiger partial charge in [-0.1, -0.05) is 17.7 Å². The predicted octanol–water partition coefficient (Wildman–Crippen LogP) is 3.44. The van der Waals surface area contributed by atoms with Crippen LogP contribution in [0.3, 0.4) is 0 Å². The number of nitrogens with one attached hydrogen (secondary N) is 1. The van der Waals surface area contributed by atoms with Gasteiger partial charge in [-0.05, 0) is 49.4 Å². The molecule has 0 spiro atoms. The van der Waals surface area contributed by atoms with Crippen molar-refractivity contribution >= 4 is 17.5 Å². The van der Waals surface area contributed by atoms with Gasteiger partial charge >= 0.3 is 0 Å². The standard InChI is InChI=1S/C17H17ClFNO3/c1-12(23-16-4-2-3-13(18)11-16)17(21)20-9-10-22-15-7-5-14(19)6-8-15/h2-8,11-12H,9-10H2,1H3,(H,20,21)/t12-/m0/s1. The summed E-state index contributed by atoms with van der Waals surface area (Å²) in [5.41, 5.74) is 0. The van der Waals surface area contributed by atoms with Crippen LogP contribution in [0.25, 0.3) is 0 Å². The molecule has 4 nitrogen and oxygen atoms in total. The van der Waals surface area contributed by atoms with Crippen molar-refractivity contribution in [3.05, 3.63) is 59.4 Å². The fraction of sp³-hybridized carbons (Fsp3) is 0.235. The quantitative estimate of drug-likeness (QED) is 0.787. The molecule has 1 N–H and O–H groups in total. The fourth-order valence-electron chi connectivity index (χ4n) is 1.82. The van der Waals surface area contributed by atoms with Gasteiger partial charge in [-0.25, -0.2) is 4.39 Å². The Labute approximate surface area is 139 Å². The molecule has 1 amide bonds. The van der Waals surface area contributed by atoms with E-state index in [0.717, 1.165) is 0 Å². The lowest BCUT2D eigenvalue weighted by Crippen LogP contribution is -2.38. The molecule has 0 unspecified atom stereocenters. The third-order valence-corrected chi connectivity index (χ3v) is 3.20. The van der Waals surface area contributed by atoms with Crippen LogP contribution in [0, 0.1) is 5.82 Å². The molecule has 1 atom stereocenters. The second-order valence-electron chi connectivity index (χ2n) is 4.81. The van der Waals surface area contributed by atoms with Crippen molar-refractivity contribution in [1.82, 2.24) is 5.32 Å². The number of hydrogen-bond donors (Lipinski definition) is 1. The van der Waals surface area contributed by atoms with Gasteiger partial charge in [0.15, 0.2) is 6.10 Å². The van der Waals surface area contributed by atoms with Crippen molar-refractivity contribution < 1.29 is 18.7 Å². The third kappa shape index (κ3) is 5.79. The molecule has 0 aliphatic heterocycles. The minimum absolute atomic E-state index is 0.257. The summed E-state index contributed by atoms with van der Waals surface area (Å²) in [5.74, 6) is 0.497. The summed E-state index contributed by atoms with van der Waals surface area (Å²) in [5, 5.41) is 3.25. The van der Waals surface area contributed by atoms with Crippen LogP contribution < -0.4 is 14.8 Å². The summed E-state index contributed by atoms with van der Waals surface area (Å²) in [4.78, 5) is 11.9. The number of hydrogen-bond acceptors (Lipinski definition) is 3. The summed E-state index contributed by atoms with van der Waals surface area (Å²) < 4.78 is 23.6. The average Bonchev–Trinajstić information content (AvgIpc) is 2.53. The highest BCUT2D eigenvalue weighted by molar-refractivity contribution is 6.30. The van der Waals surface area contributed by atoms with Crippen LogP contribution in [0.4, 0.5) is 4.39 Å². The van der Waals surface area contributed by atoms with E-state index in [4.69, 9.17) is 21.1 Å². The Morgan fingerprint density at radius 2 is 1.96 bits per heavy atom. The second-order valence-corrected chi connectivity index (χ2v) is 5.25. The van der Waals surface area contributed by atoms with Gasteiger partial charge in [0.25, 0.3) is 5.91 Å². The highest BCUT2D eigenvalue weighted by Gasteiger charge is 2.14. The Bertz CT molecular complexity index is 649. The number of rotatable bonds is 7. The van der Waals surface area contributed by atoms with E-state index in [2.05, 4.69) is 5.32 Å². The zero-order chi connectivity index (χ0) is 16.7. The van der Waals surface area contributed by atoms with Crippen LogP contribution in [-0.2, 0) is 4.79 Å². The molecule has 0 aromatic heterocycles. The summed E-state index contributed by atoms with van der Waals surface area (Å²) in [7, 11) is 0. The number of benzene rings is 2. The first-order valence-corrected chi connectivity index (χ1v) is 7.50. The van der Waals surface area contributed by atoms with Crippen molar-refractivity contribution in [2.24, 2.45) is 0 Å². The zero-order valence-corrected chi connectivity index (χ0v) is 13.3. The topological polar surface area (TPSA) is 47.6 Å². The third-order valence-electron chi connectivity index (χ3n) is 2.96. The highest BCUT2D eigenvalue weighted by Crippen LogP contribution is 2.18. The van der Waals surface area contributed by atoms with Crippen LogP contribution in [0.5, 0.6) is 11.5 Å². The number of ether oxygens (including phenoxy) is 2. The van der Waals surface area contributed by atoms with E-state index in [1.807, 2.05) is 0 Å². The van der Waals surface area contributed by atoms with Gasteiger partial charge in [-0.2, -0.15) is 0 Å². The van der Waals surface area contributed by atoms with Gasteiger partial charge in [0.1, 0.15) is 23.9 Å². The van der Waals surface area contributed by atoms with E-state index in [1.54, 1.807) is 31.2 Å². The maximum Gasteiger partial charge on any atom is 0.260 e. The Morgan fingerprint density at radius 1 is 1.22 bits per heavy atom. The number of halogens is 2. The molecule has 122 valence electrons. The van der Waals surface area contributed by atoms with Gasteiger partial charge in [0, 0.05) is 5.02 Å². The SMILES string of the molecule is C[C@H](Oc1cccc(Cl)c1)C(=O)NCCOc1ccc(F)cc1. The lowest BCUT2D eigenvalue weighted by Gasteiger charge is -2.15. The molecule has 2 rings (SSSR count). The molecule has 0 saturated heterocycles. The summed E-state index contributed by atoms with van der Waals surface area (Å²) in [6.45, 7) is 2.25. The maximum absolute atomic E-state index is 12.7. The Morgan fingerprint density at radius 3 is 2.65 bits per heavy atom. The zero-order valence-electron chi connectivity index (χ0n) is 12.6. The molecule has 0 bridgehead atoms. The van der Waals surface area contributed by atoms with Gasteiger partial charge in [-0.15, -0.1) is 0 Å². The smallest absolute Gasteiger partial charge is 0.260 e. The summed E-state index contributed by atoms with van der Waals surface area (Å²) in [6.07, 6.45) is -0.653. The predicted molar refractivity (Wildman–Crippen MR) is 86.4 cm³/mol. The highest BCUT2D eigenvalue weighted by atomic mass is 35.5. The molecule has 0 fully saturated rings.